The van der Waals surface area contributed by atoms with E-state index >= 15 is 0 Å². The average molecular weight is 273 g/mol. The molecule has 2 atom stereocenters. The largest absolute Gasteiger partial charge is 0.370 e. The van der Waals surface area contributed by atoms with Gasteiger partial charge in [0.15, 0.2) is 0 Å². The van der Waals surface area contributed by atoms with Gasteiger partial charge in [-0.2, -0.15) is 0 Å². The third-order valence-corrected chi connectivity index (χ3v) is 4.39. The number of morpholine rings is 1. The zero-order valence-corrected chi connectivity index (χ0v) is 12.3. The number of nitrogens with zero attached hydrogens (tertiary/aromatic N) is 2. The second-order valence-corrected chi connectivity index (χ2v) is 5.62. The van der Waals surface area contributed by atoms with Crippen LogP contribution in [0.25, 0.3) is 0 Å². The Bertz CT molecular complexity index is 500. The zero-order chi connectivity index (χ0) is 13.9. The van der Waals surface area contributed by atoms with Crippen molar-refractivity contribution in [2.45, 2.75) is 19.1 Å². The maximum atomic E-state index is 6.12. The molecule has 1 aromatic rings. The van der Waals surface area contributed by atoms with Crippen LogP contribution in [0.2, 0.25) is 0 Å². The van der Waals surface area contributed by atoms with Crippen molar-refractivity contribution in [3.8, 4) is 0 Å². The number of hydrogen-bond donors (Lipinski definition) is 1. The van der Waals surface area contributed by atoms with Gasteiger partial charge in [-0.05, 0) is 23.6 Å². The van der Waals surface area contributed by atoms with Crippen LogP contribution in [-0.4, -0.2) is 57.0 Å². The molecule has 0 bridgehead atoms. The number of fused-ring (bicyclic) bond motifs is 1. The SMILES string of the molecule is C/N=C/c1cccc([C@@H]2CN3CCNC[C@H]3CO2)c1C. The summed E-state index contributed by atoms with van der Waals surface area (Å²) in [5.41, 5.74) is 3.78. The monoisotopic (exact) mass is 273 g/mol. The second kappa shape index (κ2) is 6.04. The molecule has 0 aliphatic carbocycles. The molecule has 108 valence electrons. The molecule has 0 aromatic heterocycles. The van der Waals surface area contributed by atoms with E-state index in [-0.39, 0.29) is 6.10 Å². The maximum Gasteiger partial charge on any atom is 0.0955 e. The molecule has 4 heteroatoms. The molecule has 0 amide bonds. The van der Waals surface area contributed by atoms with Crippen LogP contribution >= 0.6 is 0 Å². The molecule has 2 aliphatic rings. The molecule has 2 aliphatic heterocycles. The predicted octanol–water partition coefficient (Wildman–Crippen LogP) is 1.39. The number of benzene rings is 1. The molecule has 0 radical (unpaired) electrons. The van der Waals surface area contributed by atoms with Crippen LogP contribution in [0.4, 0.5) is 0 Å². The first-order valence-electron chi connectivity index (χ1n) is 7.37. The van der Waals surface area contributed by atoms with Crippen molar-refractivity contribution in [3.63, 3.8) is 0 Å². The molecule has 2 saturated heterocycles. The Balaban J connectivity index is 1.81. The first kappa shape index (κ1) is 13.7. The molecule has 0 unspecified atom stereocenters. The lowest BCUT2D eigenvalue weighted by Gasteiger charge is -2.43. The van der Waals surface area contributed by atoms with Gasteiger partial charge in [-0.25, -0.2) is 0 Å². The highest BCUT2D eigenvalue weighted by atomic mass is 16.5. The number of rotatable bonds is 2. The van der Waals surface area contributed by atoms with Crippen LogP contribution < -0.4 is 5.32 Å². The highest BCUT2D eigenvalue weighted by Crippen LogP contribution is 2.28. The van der Waals surface area contributed by atoms with E-state index in [1.165, 1.54) is 16.7 Å². The van der Waals surface area contributed by atoms with Crippen LogP contribution in [0.1, 0.15) is 22.8 Å². The topological polar surface area (TPSA) is 36.9 Å². The first-order valence-corrected chi connectivity index (χ1v) is 7.37. The van der Waals surface area contributed by atoms with Gasteiger partial charge in [0.25, 0.3) is 0 Å². The van der Waals surface area contributed by atoms with Gasteiger partial charge in [-0.15, -0.1) is 0 Å². The van der Waals surface area contributed by atoms with Crippen molar-refractivity contribution in [1.29, 1.82) is 0 Å². The van der Waals surface area contributed by atoms with Crippen molar-refractivity contribution in [2.75, 3.05) is 39.8 Å². The minimum absolute atomic E-state index is 0.189. The number of ether oxygens (including phenoxy) is 1. The van der Waals surface area contributed by atoms with E-state index < -0.39 is 0 Å². The zero-order valence-electron chi connectivity index (χ0n) is 12.3. The highest BCUT2D eigenvalue weighted by Gasteiger charge is 2.31. The molecular formula is C16H23N3O. The van der Waals surface area contributed by atoms with Crippen molar-refractivity contribution < 1.29 is 4.74 Å². The van der Waals surface area contributed by atoms with Gasteiger partial charge >= 0.3 is 0 Å². The fourth-order valence-corrected chi connectivity index (χ4v) is 3.19. The Labute approximate surface area is 120 Å². The van der Waals surface area contributed by atoms with E-state index in [9.17, 15) is 0 Å². The molecule has 2 heterocycles. The van der Waals surface area contributed by atoms with E-state index in [0.717, 1.165) is 32.8 Å². The Morgan fingerprint density at radius 2 is 2.35 bits per heavy atom. The summed E-state index contributed by atoms with van der Waals surface area (Å²) in [5.74, 6) is 0. The molecule has 2 fully saturated rings. The number of piperazine rings is 1. The second-order valence-electron chi connectivity index (χ2n) is 5.62. The third-order valence-electron chi connectivity index (χ3n) is 4.39. The third kappa shape index (κ3) is 2.64. The Kier molecular flexibility index (Phi) is 4.15. The summed E-state index contributed by atoms with van der Waals surface area (Å²) in [6, 6.07) is 6.95. The van der Waals surface area contributed by atoms with Gasteiger partial charge in [-0.1, -0.05) is 18.2 Å². The van der Waals surface area contributed by atoms with Gasteiger partial charge in [0.2, 0.25) is 0 Å². The van der Waals surface area contributed by atoms with Crippen LogP contribution in [0, 0.1) is 6.92 Å². The standard InChI is InChI=1S/C16H23N3O/c1-12-13(8-17-2)4-3-5-15(12)16-10-19-7-6-18-9-14(19)11-20-16/h3-5,8,14,16,18H,6-7,9-11H2,1-2H3/b17-8+/t14-,16-/m0/s1. The van der Waals surface area contributed by atoms with Crippen molar-refractivity contribution >= 4 is 6.21 Å². The minimum atomic E-state index is 0.189. The lowest BCUT2D eigenvalue weighted by atomic mass is 9.96. The Morgan fingerprint density at radius 3 is 3.20 bits per heavy atom. The lowest BCUT2D eigenvalue weighted by molar-refractivity contribution is -0.0719. The van der Waals surface area contributed by atoms with Crippen molar-refractivity contribution in [1.82, 2.24) is 10.2 Å². The number of nitrogens with one attached hydrogen (secondary N) is 1. The van der Waals surface area contributed by atoms with Crippen LogP contribution in [0.5, 0.6) is 0 Å². The van der Waals surface area contributed by atoms with E-state index in [4.69, 9.17) is 4.74 Å². The maximum absolute atomic E-state index is 6.12. The fourth-order valence-electron chi connectivity index (χ4n) is 3.19. The molecule has 0 spiro atoms. The van der Waals surface area contributed by atoms with E-state index in [2.05, 4.69) is 40.3 Å². The lowest BCUT2D eigenvalue weighted by Crippen LogP contribution is -2.57. The Hall–Kier alpha value is -1.23. The smallest absolute Gasteiger partial charge is 0.0955 e. The summed E-state index contributed by atoms with van der Waals surface area (Å²) in [4.78, 5) is 6.69. The summed E-state index contributed by atoms with van der Waals surface area (Å²) in [6.45, 7) is 7.25. The van der Waals surface area contributed by atoms with E-state index in [0.29, 0.717) is 6.04 Å². The number of hydrogen-bond acceptors (Lipinski definition) is 4. The van der Waals surface area contributed by atoms with Crippen molar-refractivity contribution in [2.24, 2.45) is 4.99 Å². The molecular weight excluding hydrogens is 250 g/mol. The minimum Gasteiger partial charge on any atom is -0.370 e. The fraction of sp³-hybridized carbons (Fsp3) is 0.562. The van der Waals surface area contributed by atoms with Gasteiger partial charge in [-0.3, -0.25) is 9.89 Å². The van der Waals surface area contributed by atoms with Gasteiger partial charge in [0, 0.05) is 45.5 Å². The van der Waals surface area contributed by atoms with Gasteiger partial charge in [0.05, 0.1) is 12.7 Å². The van der Waals surface area contributed by atoms with Crippen molar-refractivity contribution in [3.05, 3.63) is 34.9 Å². The summed E-state index contributed by atoms with van der Waals surface area (Å²) >= 11 is 0. The molecule has 4 nitrogen and oxygen atoms in total. The molecule has 1 N–H and O–H groups in total. The first-order chi connectivity index (χ1) is 9.79. The molecule has 20 heavy (non-hydrogen) atoms. The number of aliphatic imine (C=N–C) groups is 1. The van der Waals surface area contributed by atoms with Crippen LogP contribution in [-0.2, 0) is 4.74 Å². The van der Waals surface area contributed by atoms with E-state index in [1.54, 1.807) is 0 Å². The van der Waals surface area contributed by atoms with Crippen LogP contribution in [0.3, 0.4) is 0 Å². The summed E-state index contributed by atoms with van der Waals surface area (Å²) < 4.78 is 6.12. The highest BCUT2D eigenvalue weighted by molar-refractivity contribution is 5.82. The quantitative estimate of drug-likeness (QED) is 0.827. The molecule has 1 aromatic carbocycles. The normalized spacial score (nSPS) is 27.7. The summed E-state index contributed by atoms with van der Waals surface area (Å²) in [7, 11) is 1.81. The van der Waals surface area contributed by atoms with Gasteiger partial charge in [0.1, 0.15) is 0 Å². The molecule has 3 rings (SSSR count). The average Bonchev–Trinajstić information content (AvgIpc) is 2.49. The van der Waals surface area contributed by atoms with Crippen LogP contribution in [0.15, 0.2) is 23.2 Å². The summed E-state index contributed by atoms with van der Waals surface area (Å²) in [6.07, 6.45) is 2.12. The predicted molar refractivity (Wildman–Crippen MR) is 81.6 cm³/mol. The van der Waals surface area contributed by atoms with Gasteiger partial charge < -0.3 is 10.1 Å². The molecule has 0 saturated carbocycles. The van der Waals surface area contributed by atoms with E-state index in [1.807, 2.05) is 13.3 Å². The Morgan fingerprint density at radius 1 is 1.45 bits per heavy atom. The summed E-state index contributed by atoms with van der Waals surface area (Å²) in [5, 5.41) is 3.44.